The molecule has 0 unspecified atom stereocenters. The molecule has 3 heterocycles. The van der Waals surface area contributed by atoms with E-state index in [0.717, 1.165) is 32.1 Å². The van der Waals surface area contributed by atoms with Gasteiger partial charge in [0.25, 0.3) is 0 Å². The maximum absolute atomic E-state index is 12.5. The Hall–Kier alpha value is -1.86. The van der Waals surface area contributed by atoms with Crippen molar-refractivity contribution in [1.29, 1.82) is 0 Å². The molecule has 138 valence electrons. The van der Waals surface area contributed by atoms with Crippen molar-refractivity contribution < 1.29 is 18.7 Å². The number of amides is 2. The molecule has 25 heavy (non-hydrogen) atoms. The number of nitrogens with one attached hydrogen (secondary N) is 1. The summed E-state index contributed by atoms with van der Waals surface area (Å²) in [5.74, 6) is 0.409. The summed E-state index contributed by atoms with van der Waals surface area (Å²) in [4.78, 5) is 28.7. The molecule has 0 radical (unpaired) electrons. The summed E-state index contributed by atoms with van der Waals surface area (Å²) in [6.07, 6.45) is 1.86. The number of morpholine rings is 1. The zero-order valence-corrected chi connectivity index (χ0v) is 15.0. The third kappa shape index (κ3) is 4.41. The van der Waals surface area contributed by atoms with Crippen molar-refractivity contribution in [3.63, 3.8) is 0 Å². The van der Waals surface area contributed by atoms with Crippen molar-refractivity contribution >= 4 is 11.8 Å². The lowest BCUT2D eigenvalue weighted by atomic mass is 10.0. The van der Waals surface area contributed by atoms with Gasteiger partial charge in [-0.2, -0.15) is 0 Å². The first-order valence-electron chi connectivity index (χ1n) is 8.86. The van der Waals surface area contributed by atoms with Crippen LogP contribution in [0.15, 0.2) is 22.8 Å². The summed E-state index contributed by atoms with van der Waals surface area (Å²) in [5.41, 5.74) is -0.129. The predicted molar refractivity (Wildman–Crippen MR) is 91.7 cm³/mol. The first-order chi connectivity index (χ1) is 12.0. The minimum atomic E-state index is -0.289. The molecule has 0 spiro atoms. The second-order valence-corrected chi connectivity index (χ2v) is 7.38. The molecular formula is C18H27N3O4. The van der Waals surface area contributed by atoms with Crippen molar-refractivity contribution in [3.8, 4) is 0 Å². The van der Waals surface area contributed by atoms with Crippen LogP contribution in [0.3, 0.4) is 0 Å². The van der Waals surface area contributed by atoms with Crippen LogP contribution in [0.25, 0.3) is 0 Å². The molecule has 2 amide bonds. The lowest BCUT2D eigenvalue weighted by Crippen LogP contribution is -2.55. The van der Waals surface area contributed by atoms with Gasteiger partial charge < -0.3 is 19.4 Å². The first kappa shape index (κ1) is 17.9. The molecule has 3 rings (SSSR count). The standard InChI is InChI=1S/C18H27N3O4/c1-18(2,21-5-8-24-9-6-21)13-19-17(23)14-10-16(22)20(11-14)12-15-4-3-7-25-15/h3-4,7,14H,5-6,8-13H2,1-2H3,(H,19,23)/t14-/m0/s1. The second kappa shape index (κ2) is 7.58. The monoisotopic (exact) mass is 349 g/mol. The Morgan fingerprint density at radius 1 is 1.36 bits per heavy atom. The third-order valence-corrected chi connectivity index (χ3v) is 5.07. The van der Waals surface area contributed by atoms with Crippen molar-refractivity contribution in [2.45, 2.75) is 32.4 Å². The highest BCUT2D eigenvalue weighted by atomic mass is 16.5. The quantitative estimate of drug-likeness (QED) is 0.824. The zero-order valence-electron chi connectivity index (χ0n) is 15.0. The largest absolute Gasteiger partial charge is 0.467 e. The second-order valence-electron chi connectivity index (χ2n) is 7.38. The van der Waals surface area contributed by atoms with Crippen LogP contribution in [0.2, 0.25) is 0 Å². The molecule has 0 bridgehead atoms. The minimum Gasteiger partial charge on any atom is -0.467 e. The summed E-state index contributed by atoms with van der Waals surface area (Å²) in [7, 11) is 0. The number of carbonyl (C=O) groups excluding carboxylic acids is 2. The summed E-state index contributed by atoms with van der Waals surface area (Å²) in [5, 5.41) is 3.04. The smallest absolute Gasteiger partial charge is 0.225 e. The SMILES string of the molecule is CC(C)(CNC(=O)[C@H]1CC(=O)N(Cc2ccco2)C1)N1CCOCC1. The van der Waals surface area contributed by atoms with E-state index in [-0.39, 0.29) is 29.7 Å². The maximum Gasteiger partial charge on any atom is 0.225 e. The van der Waals surface area contributed by atoms with Crippen LogP contribution in [-0.2, 0) is 20.9 Å². The van der Waals surface area contributed by atoms with E-state index in [1.807, 2.05) is 6.07 Å². The van der Waals surface area contributed by atoms with E-state index >= 15 is 0 Å². The molecule has 1 aromatic rings. The maximum atomic E-state index is 12.5. The Balaban J connectivity index is 1.49. The molecule has 2 aliphatic heterocycles. The number of hydrogen-bond acceptors (Lipinski definition) is 5. The number of likely N-dealkylation sites (tertiary alicyclic amines) is 1. The normalized spacial score (nSPS) is 22.4. The minimum absolute atomic E-state index is 0.00369. The van der Waals surface area contributed by atoms with Gasteiger partial charge in [-0.05, 0) is 26.0 Å². The van der Waals surface area contributed by atoms with Crippen LogP contribution in [-0.4, -0.2) is 66.5 Å². The van der Waals surface area contributed by atoms with Crippen LogP contribution in [0, 0.1) is 5.92 Å². The fourth-order valence-electron chi connectivity index (χ4n) is 3.42. The van der Waals surface area contributed by atoms with Crippen LogP contribution >= 0.6 is 0 Å². The molecule has 0 aliphatic carbocycles. The first-order valence-corrected chi connectivity index (χ1v) is 8.86. The molecule has 1 N–H and O–H groups in total. The van der Waals surface area contributed by atoms with E-state index in [2.05, 4.69) is 24.1 Å². The molecule has 7 nitrogen and oxygen atoms in total. The molecular weight excluding hydrogens is 322 g/mol. The lowest BCUT2D eigenvalue weighted by Gasteiger charge is -2.41. The highest BCUT2D eigenvalue weighted by Gasteiger charge is 2.36. The number of ether oxygens (including phenoxy) is 1. The molecule has 2 saturated heterocycles. The van der Waals surface area contributed by atoms with Gasteiger partial charge in [-0.3, -0.25) is 14.5 Å². The fourth-order valence-corrected chi connectivity index (χ4v) is 3.42. The Morgan fingerprint density at radius 3 is 2.80 bits per heavy atom. The number of furan rings is 1. The number of carbonyl (C=O) groups is 2. The number of nitrogens with zero attached hydrogens (tertiary/aromatic N) is 2. The summed E-state index contributed by atoms with van der Waals surface area (Å²) < 4.78 is 10.7. The molecule has 0 aromatic carbocycles. The fraction of sp³-hybridized carbons (Fsp3) is 0.667. The molecule has 2 aliphatic rings. The van der Waals surface area contributed by atoms with E-state index in [1.54, 1.807) is 17.2 Å². The van der Waals surface area contributed by atoms with Gasteiger partial charge in [0.2, 0.25) is 11.8 Å². The van der Waals surface area contributed by atoms with Gasteiger partial charge >= 0.3 is 0 Å². The van der Waals surface area contributed by atoms with E-state index < -0.39 is 0 Å². The summed E-state index contributed by atoms with van der Waals surface area (Å²) >= 11 is 0. The van der Waals surface area contributed by atoms with Crippen LogP contribution in [0.1, 0.15) is 26.0 Å². The van der Waals surface area contributed by atoms with Gasteiger partial charge in [0.05, 0.1) is 31.9 Å². The van der Waals surface area contributed by atoms with E-state index in [9.17, 15) is 9.59 Å². The van der Waals surface area contributed by atoms with Crippen molar-refractivity contribution in [2.75, 3.05) is 39.4 Å². The van der Waals surface area contributed by atoms with Gasteiger partial charge in [-0.1, -0.05) is 0 Å². The average molecular weight is 349 g/mol. The Bertz CT molecular complexity index is 593. The highest BCUT2D eigenvalue weighted by Crippen LogP contribution is 2.21. The average Bonchev–Trinajstić information content (AvgIpc) is 3.24. The van der Waals surface area contributed by atoms with Crippen molar-refractivity contribution in [2.24, 2.45) is 5.92 Å². The Labute approximate surface area is 148 Å². The van der Waals surface area contributed by atoms with E-state index in [4.69, 9.17) is 9.15 Å². The zero-order chi connectivity index (χ0) is 17.9. The van der Waals surface area contributed by atoms with Gasteiger partial charge in [0.1, 0.15) is 5.76 Å². The molecule has 0 saturated carbocycles. The van der Waals surface area contributed by atoms with Gasteiger partial charge in [-0.15, -0.1) is 0 Å². The van der Waals surface area contributed by atoms with Crippen molar-refractivity contribution in [3.05, 3.63) is 24.2 Å². The molecule has 1 aromatic heterocycles. The lowest BCUT2D eigenvalue weighted by molar-refractivity contribution is -0.129. The number of hydrogen-bond donors (Lipinski definition) is 1. The predicted octanol–water partition coefficient (Wildman–Crippen LogP) is 0.855. The Kier molecular flexibility index (Phi) is 5.44. The topological polar surface area (TPSA) is 75.0 Å². The van der Waals surface area contributed by atoms with Crippen molar-refractivity contribution in [1.82, 2.24) is 15.1 Å². The third-order valence-electron chi connectivity index (χ3n) is 5.07. The Morgan fingerprint density at radius 2 is 2.12 bits per heavy atom. The van der Waals surface area contributed by atoms with Crippen LogP contribution in [0.4, 0.5) is 0 Å². The van der Waals surface area contributed by atoms with Crippen LogP contribution in [0.5, 0.6) is 0 Å². The van der Waals surface area contributed by atoms with Gasteiger partial charge in [0.15, 0.2) is 0 Å². The van der Waals surface area contributed by atoms with E-state index in [1.165, 1.54) is 0 Å². The molecule has 2 fully saturated rings. The van der Waals surface area contributed by atoms with Crippen LogP contribution < -0.4 is 5.32 Å². The van der Waals surface area contributed by atoms with Gasteiger partial charge in [0, 0.05) is 38.1 Å². The molecule has 1 atom stereocenters. The summed E-state index contributed by atoms with van der Waals surface area (Å²) in [6.45, 7) is 8.91. The van der Waals surface area contributed by atoms with Gasteiger partial charge in [-0.25, -0.2) is 0 Å². The number of rotatable bonds is 6. The highest BCUT2D eigenvalue weighted by molar-refractivity contribution is 5.89. The summed E-state index contributed by atoms with van der Waals surface area (Å²) in [6, 6.07) is 3.64. The van der Waals surface area contributed by atoms with E-state index in [0.29, 0.717) is 19.6 Å². The molecule has 7 heteroatoms.